The molecule has 1 amide bonds. The summed E-state index contributed by atoms with van der Waals surface area (Å²) in [5, 5.41) is 0. The lowest BCUT2D eigenvalue weighted by Gasteiger charge is -2.27. The number of amides is 1. The number of carbonyl (C=O) groups excluding carboxylic acids is 1. The fourth-order valence-electron chi connectivity index (χ4n) is 3.36. The third kappa shape index (κ3) is 5.25. The molecule has 4 heteroatoms. The van der Waals surface area contributed by atoms with Gasteiger partial charge < -0.3 is 14.4 Å². The fourth-order valence-corrected chi connectivity index (χ4v) is 3.36. The van der Waals surface area contributed by atoms with Gasteiger partial charge >= 0.3 is 6.09 Å². The van der Waals surface area contributed by atoms with Crippen molar-refractivity contribution in [1.29, 1.82) is 0 Å². The van der Waals surface area contributed by atoms with Crippen LogP contribution in [0.3, 0.4) is 0 Å². The molecule has 0 aliphatic carbocycles. The molecule has 0 bridgehead atoms. The Kier molecular flexibility index (Phi) is 5.73. The first kappa shape index (κ1) is 19.3. The van der Waals surface area contributed by atoms with Crippen LogP contribution in [0.1, 0.15) is 50.3 Å². The van der Waals surface area contributed by atoms with Gasteiger partial charge in [-0.3, -0.25) is 0 Å². The molecule has 2 aromatic carbocycles. The van der Waals surface area contributed by atoms with E-state index in [4.69, 9.17) is 9.47 Å². The molecular formula is C23H29NO3. The van der Waals surface area contributed by atoms with E-state index in [1.165, 1.54) is 11.1 Å². The minimum atomic E-state index is -0.474. The topological polar surface area (TPSA) is 38.8 Å². The third-order valence-electron chi connectivity index (χ3n) is 4.69. The van der Waals surface area contributed by atoms with Gasteiger partial charge in [0.15, 0.2) is 0 Å². The minimum absolute atomic E-state index is 0.232. The second-order valence-electron chi connectivity index (χ2n) is 8.21. The van der Waals surface area contributed by atoms with E-state index in [1.807, 2.05) is 49.9 Å². The van der Waals surface area contributed by atoms with Gasteiger partial charge in [0.1, 0.15) is 18.0 Å². The van der Waals surface area contributed by atoms with Gasteiger partial charge in [0.05, 0.1) is 0 Å². The second kappa shape index (κ2) is 8.03. The van der Waals surface area contributed by atoms with Gasteiger partial charge in [-0.1, -0.05) is 43.3 Å². The van der Waals surface area contributed by atoms with Gasteiger partial charge in [0.2, 0.25) is 0 Å². The molecular weight excluding hydrogens is 338 g/mol. The average Bonchev–Trinajstić information content (AvgIpc) is 2.79. The van der Waals surface area contributed by atoms with Gasteiger partial charge in [-0.25, -0.2) is 4.79 Å². The summed E-state index contributed by atoms with van der Waals surface area (Å²) in [5.41, 5.74) is 3.21. The Hall–Kier alpha value is -2.49. The lowest BCUT2D eigenvalue weighted by molar-refractivity contribution is 0.0248. The Morgan fingerprint density at radius 2 is 1.89 bits per heavy atom. The zero-order valence-electron chi connectivity index (χ0n) is 16.7. The molecule has 2 aromatic rings. The van der Waals surface area contributed by atoms with Crippen LogP contribution >= 0.6 is 0 Å². The van der Waals surface area contributed by atoms with E-state index < -0.39 is 5.60 Å². The largest absolute Gasteiger partial charge is 0.489 e. The Bertz CT molecular complexity index is 780. The van der Waals surface area contributed by atoms with E-state index in [2.05, 4.69) is 31.2 Å². The van der Waals surface area contributed by atoms with Gasteiger partial charge in [0, 0.05) is 13.1 Å². The van der Waals surface area contributed by atoms with Crippen LogP contribution in [-0.2, 0) is 17.8 Å². The highest BCUT2D eigenvalue weighted by Crippen LogP contribution is 2.30. The van der Waals surface area contributed by atoms with Crippen molar-refractivity contribution in [3.8, 4) is 5.75 Å². The van der Waals surface area contributed by atoms with Gasteiger partial charge in [-0.2, -0.15) is 0 Å². The Balaban J connectivity index is 1.69. The summed E-state index contributed by atoms with van der Waals surface area (Å²) in [4.78, 5) is 14.3. The smallest absolute Gasteiger partial charge is 0.410 e. The summed E-state index contributed by atoms with van der Waals surface area (Å²) >= 11 is 0. The minimum Gasteiger partial charge on any atom is -0.489 e. The standard InChI is InChI=1S/C23H29NO3/c1-17-15-24(22(25)27-23(2,3)4)13-12-19-10-11-20(14-21(17)19)26-16-18-8-6-5-7-9-18/h5-11,14,17H,12-13,15-16H2,1-4H3/t17-/m1/s1. The quantitative estimate of drug-likeness (QED) is 0.752. The molecule has 0 saturated heterocycles. The van der Waals surface area contributed by atoms with Gasteiger partial charge in [0.25, 0.3) is 0 Å². The molecule has 0 fully saturated rings. The van der Waals surface area contributed by atoms with E-state index in [-0.39, 0.29) is 12.0 Å². The van der Waals surface area contributed by atoms with E-state index in [0.717, 1.165) is 17.7 Å². The Morgan fingerprint density at radius 3 is 2.59 bits per heavy atom. The van der Waals surface area contributed by atoms with Crippen LogP contribution < -0.4 is 4.74 Å². The molecule has 0 spiro atoms. The molecule has 0 aromatic heterocycles. The predicted molar refractivity (Wildman–Crippen MR) is 107 cm³/mol. The molecule has 1 aliphatic rings. The molecule has 27 heavy (non-hydrogen) atoms. The molecule has 1 heterocycles. The molecule has 144 valence electrons. The van der Waals surface area contributed by atoms with Crippen molar-refractivity contribution >= 4 is 6.09 Å². The normalized spacial score (nSPS) is 17.0. The highest BCUT2D eigenvalue weighted by atomic mass is 16.6. The predicted octanol–water partition coefficient (Wildman–Crippen LogP) is 5.16. The maximum atomic E-state index is 12.5. The van der Waals surface area contributed by atoms with Crippen LogP contribution in [0.5, 0.6) is 5.75 Å². The van der Waals surface area contributed by atoms with Crippen molar-refractivity contribution in [2.75, 3.05) is 13.1 Å². The number of carbonyl (C=O) groups is 1. The number of nitrogens with zero attached hydrogens (tertiary/aromatic N) is 1. The highest BCUT2D eigenvalue weighted by molar-refractivity contribution is 5.68. The molecule has 0 saturated carbocycles. The molecule has 3 rings (SSSR count). The number of rotatable bonds is 3. The third-order valence-corrected chi connectivity index (χ3v) is 4.69. The first-order valence-electron chi connectivity index (χ1n) is 9.59. The SMILES string of the molecule is C[C@@H]1CN(C(=O)OC(C)(C)C)CCc2ccc(OCc3ccccc3)cc21. The Labute approximate surface area is 162 Å². The van der Waals surface area contributed by atoms with E-state index in [0.29, 0.717) is 19.7 Å². The van der Waals surface area contributed by atoms with Crippen molar-refractivity contribution in [3.63, 3.8) is 0 Å². The number of hydrogen-bond acceptors (Lipinski definition) is 3. The zero-order chi connectivity index (χ0) is 19.4. The highest BCUT2D eigenvalue weighted by Gasteiger charge is 2.27. The molecule has 4 nitrogen and oxygen atoms in total. The summed E-state index contributed by atoms with van der Waals surface area (Å²) in [7, 11) is 0. The average molecular weight is 367 g/mol. The first-order valence-corrected chi connectivity index (χ1v) is 9.59. The van der Waals surface area contributed by atoms with Crippen LogP contribution in [0.25, 0.3) is 0 Å². The van der Waals surface area contributed by atoms with Gasteiger partial charge in [-0.05, 0) is 61.9 Å². The van der Waals surface area contributed by atoms with Crippen LogP contribution in [0.2, 0.25) is 0 Å². The monoisotopic (exact) mass is 367 g/mol. The number of benzene rings is 2. The fraction of sp³-hybridized carbons (Fsp3) is 0.435. The number of ether oxygens (including phenoxy) is 2. The number of fused-ring (bicyclic) bond motifs is 1. The van der Waals surface area contributed by atoms with Crippen molar-refractivity contribution < 1.29 is 14.3 Å². The van der Waals surface area contributed by atoms with E-state index in [1.54, 1.807) is 0 Å². The van der Waals surface area contributed by atoms with Crippen molar-refractivity contribution in [1.82, 2.24) is 4.90 Å². The first-order chi connectivity index (χ1) is 12.8. The lowest BCUT2D eigenvalue weighted by Crippen LogP contribution is -2.38. The summed E-state index contributed by atoms with van der Waals surface area (Å²) in [6.07, 6.45) is 0.598. The maximum Gasteiger partial charge on any atom is 0.410 e. The molecule has 1 aliphatic heterocycles. The van der Waals surface area contributed by atoms with Gasteiger partial charge in [-0.15, -0.1) is 0 Å². The summed E-state index contributed by atoms with van der Waals surface area (Å²) in [6.45, 7) is 9.74. The van der Waals surface area contributed by atoms with Crippen LogP contribution in [0.4, 0.5) is 4.79 Å². The van der Waals surface area contributed by atoms with Crippen molar-refractivity contribution in [3.05, 3.63) is 65.2 Å². The van der Waals surface area contributed by atoms with Crippen molar-refractivity contribution in [2.24, 2.45) is 0 Å². The summed E-state index contributed by atoms with van der Waals surface area (Å²) < 4.78 is 11.5. The number of hydrogen-bond donors (Lipinski definition) is 0. The zero-order valence-corrected chi connectivity index (χ0v) is 16.7. The van der Waals surface area contributed by atoms with Crippen molar-refractivity contribution in [2.45, 2.75) is 52.2 Å². The lowest BCUT2D eigenvalue weighted by atomic mass is 9.95. The molecule has 0 N–H and O–H groups in total. The molecule has 0 unspecified atom stereocenters. The Morgan fingerprint density at radius 1 is 1.15 bits per heavy atom. The summed E-state index contributed by atoms with van der Waals surface area (Å²) in [5.74, 6) is 1.10. The van der Waals surface area contributed by atoms with Crippen LogP contribution in [-0.4, -0.2) is 29.7 Å². The second-order valence-corrected chi connectivity index (χ2v) is 8.21. The van der Waals surface area contributed by atoms with Crippen LogP contribution in [0.15, 0.2) is 48.5 Å². The summed E-state index contributed by atoms with van der Waals surface area (Å²) in [6, 6.07) is 16.4. The maximum absolute atomic E-state index is 12.5. The van der Waals surface area contributed by atoms with E-state index in [9.17, 15) is 4.79 Å². The van der Waals surface area contributed by atoms with E-state index >= 15 is 0 Å². The molecule has 1 atom stereocenters. The molecule has 0 radical (unpaired) electrons. The van der Waals surface area contributed by atoms with Crippen LogP contribution in [0, 0.1) is 0 Å².